The maximum Gasteiger partial charge on any atom is 0.338 e. The minimum Gasteiger partial charge on any atom is -0.478 e. The first-order chi connectivity index (χ1) is 14.6. The molecule has 4 aromatic carbocycles. The van der Waals surface area contributed by atoms with Gasteiger partial charge >= 0.3 is 11.9 Å². The minimum atomic E-state index is -0.932. The fourth-order valence-electron chi connectivity index (χ4n) is 3.34. The zero-order valence-corrected chi connectivity index (χ0v) is 16.2. The van der Waals surface area contributed by atoms with Crippen LogP contribution >= 0.6 is 0 Å². The quantitative estimate of drug-likeness (QED) is 0.438. The Morgan fingerprint density at radius 1 is 0.667 bits per heavy atom. The van der Waals surface area contributed by atoms with Crippen molar-refractivity contribution in [2.75, 3.05) is 0 Å². The Morgan fingerprint density at radius 3 is 2.07 bits per heavy atom. The van der Waals surface area contributed by atoms with Crippen molar-refractivity contribution >= 4 is 22.7 Å². The zero-order chi connectivity index (χ0) is 20.9. The second-order valence-electron chi connectivity index (χ2n) is 7.14. The van der Waals surface area contributed by atoms with E-state index in [9.17, 15) is 9.59 Å². The number of benzene rings is 4. The number of hydrogen-bond donors (Lipinski definition) is 1. The number of fused-ring (bicyclic) bond motifs is 1. The predicted octanol–water partition coefficient (Wildman–Crippen LogP) is 5.49. The Kier molecular flexibility index (Phi) is 5.57. The molecule has 4 heteroatoms. The van der Waals surface area contributed by atoms with Crippen LogP contribution in [0.4, 0.5) is 0 Å². The van der Waals surface area contributed by atoms with E-state index in [2.05, 4.69) is 6.07 Å². The fraction of sp³-hybridized carbons (Fsp3) is 0.0769. The maximum absolute atomic E-state index is 12.5. The number of carbonyl (C=O) groups excluding carboxylic acids is 1. The summed E-state index contributed by atoms with van der Waals surface area (Å²) in [5.74, 6) is -1.28. The molecular formula is C26H20O4. The van der Waals surface area contributed by atoms with Gasteiger partial charge < -0.3 is 9.84 Å². The van der Waals surface area contributed by atoms with Crippen LogP contribution in [-0.4, -0.2) is 17.0 Å². The molecule has 0 unspecified atom stereocenters. The van der Waals surface area contributed by atoms with Crippen LogP contribution in [0.1, 0.15) is 37.4 Å². The Bertz CT molecular complexity index is 1190. The number of ether oxygens (including phenoxy) is 1. The molecular weight excluding hydrogens is 376 g/mol. The SMILES string of the molecule is O=C(O)c1ccc(Cc2ccc3ccc(C(=O)OCc4ccccc4)cc3c2)cc1. The predicted molar refractivity (Wildman–Crippen MR) is 116 cm³/mol. The van der Waals surface area contributed by atoms with Gasteiger partial charge in [-0.2, -0.15) is 0 Å². The Balaban J connectivity index is 1.50. The van der Waals surface area contributed by atoms with Crippen LogP contribution in [0, 0.1) is 0 Å². The van der Waals surface area contributed by atoms with Crippen LogP contribution in [0.15, 0.2) is 91.0 Å². The molecule has 0 aliphatic heterocycles. The number of esters is 1. The zero-order valence-electron chi connectivity index (χ0n) is 16.2. The number of carbonyl (C=O) groups is 2. The van der Waals surface area contributed by atoms with Crippen LogP contribution in [0.3, 0.4) is 0 Å². The molecule has 0 heterocycles. The molecule has 0 atom stereocenters. The van der Waals surface area contributed by atoms with E-state index in [0.29, 0.717) is 12.0 Å². The standard InChI is InChI=1S/C26H20O4/c27-25(28)22-10-6-18(7-11-22)14-20-8-9-21-12-13-23(16-24(21)15-20)26(29)30-17-19-4-2-1-3-5-19/h1-13,15-16H,14,17H2,(H,27,28). The van der Waals surface area contributed by atoms with Crippen molar-refractivity contribution in [1.29, 1.82) is 0 Å². The lowest BCUT2D eigenvalue weighted by atomic mass is 9.99. The Hall–Kier alpha value is -3.92. The molecule has 148 valence electrons. The monoisotopic (exact) mass is 396 g/mol. The van der Waals surface area contributed by atoms with Gasteiger partial charge in [0.15, 0.2) is 0 Å². The molecule has 0 aromatic heterocycles. The Labute approximate surface area is 174 Å². The van der Waals surface area contributed by atoms with E-state index in [-0.39, 0.29) is 18.1 Å². The first kappa shape index (κ1) is 19.4. The van der Waals surface area contributed by atoms with Crippen molar-refractivity contribution in [2.24, 2.45) is 0 Å². The number of aromatic carboxylic acids is 1. The molecule has 0 spiro atoms. The molecule has 0 saturated carbocycles. The smallest absolute Gasteiger partial charge is 0.338 e. The van der Waals surface area contributed by atoms with Crippen LogP contribution in [0.2, 0.25) is 0 Å². The van der Waals surface area contributed by atoms with Crippen LogP contribution in [0.5, 0.6) is 0 Å². The number of hydrogen-bond acceptors (Lipinski definition) is 3. The molecule has 4 nitrogen and oxygen atoms in total. The highest BCUT2D eigenvalue weighted by atomic mass is 16.5. The number of rotatable bonds is 6. The summed E-state index contributed by atoms with van der Waals surface area (Å²) in [5, 5.41) is 11.0. The highest BCUT2D eigenvalue weighted by molar-refractivity contribution is 5.95. The van der Waals surface area contributed by atoms with Gasteiger partial charge in [-0.25, -0.2) is 9.59 Å². The largest absolute Gasteiger partial charge is 0.478 e. The summed E-state index contributed by atoms with van der Waals surface area (Å²) >= 11 is 0. The van der Waals surface area contributed by atoms with E-state index in [0.717, 1.165) is 27.5 Å². The van der Waals surface area contributed by atoms with Gasteiger partial charge in [0.05, 0.1) is 11.1 Å². The van der Waals surface area contributed by atoms with Gasteiger partial charge in [0, 0.05) is 0 Å². The molecule has 30 heavy (non-hydrogen) atoms. The first-order valence-corrected chi connectivity index (χ1v) is 9.64. The van der Waals surface area contributed by atoms with Crippen LogP contribution in [-0.2, 0) is 17.8 Å². The topological polar surface area (TPSA) is 63.6 Å². The minimum absolute atomic E-state index is 0.240. The van der Waals surface area contributed by atoms with Crippen molar-refractivity contribution in [3.05, 3.63) is 119 Å². The number of carboxylic acids is 1. The van der Waals surface area contributed by atoms with Gasteiger partial charge in [-0.1, -0.05) is 66.7 Å². The summed E-state index contributed by atoms with van der Waals surface area (Å²) < 4.78 is 5.43. The second kappa shape index (κ2) is 8.62. The van der Waals surface area contributed by atoms with Crippen molar-refractivity contribution in [3.8, 4) is 0 Å². The average molecular weight is 396 g/mol. The van der Waals surface area contributed by atoms with Gasteiger partial charge in [0.25, 0.3) is 0 Å². The molecule has 0 radical (unpaired) electrons. The molecule has 0 aliphatic carbocycles. The van der Waals surface area contributed by atoms with Gasteiger partial charge in [-0.3, -0.25) is 0 Å². The van der Waals surface area contributed by atoms with Crippen molar-refractivity contribution in [3.63, 3.8) is 0 Å². The first-order valence-electron chi connectivity index (χ1n) is 9.64. The van der Waals surface area contributed by atoms with Gasteiger partial charge in [-0.05, 0) is 58.1 Å². The molecule has 1 N–H and O–H groups in total. The third-order valence-electron chi connectivity index (χ3n) is 4.96. The molecule has 0 aliphatic rings. The van der Waals surface area contributed by atoms with Gasteiger partial charge in [0.2, 0.25) is 0 Å². The van der Waals surface area contributed by atoms with Crippen LogP contribution in [0.25, 0.3) is 10.8 Å². The summed E-state index contributed by atoms with van der Waals surface area (Å²) in [6, 6.07) is 28.1. The number of carboxylic acid groups (broad SMARTS) is 1. The summed E-state index contributed by atoms with van der Waals surface area (Å²) in [5.41, 5.74) is 3.85. The third-order valence-corrected chi connectivity index (χ3v) is 4.96. The van der Waals surface area contributed by atoms with Crippen LogP contribution < -0.4 is 0 Å². The van der Waals surface area contributed by atoms with Crippen molar-refractivity contribution < 1.29 is 19.4 Å². The molecule has 0 saturated heterocycles. The lowest BCUT2D eigenvalue weighted by molar-refractivity contribution is 0.0472. The summed E-state index contributed by atoms with van der Waals surface area (Å²) in [6.45, 7) is 0.240. The van der Waals surface area contributed by atoms with E-state index in [1.165, 1.54) is 0 Å². The summed E-state index contributed by atoms with van der Waals surface area (Å²) in [7, 11) is 0. The summed E-state index contributed by atoms with van der Waals surface area (Å²) in [6.07, 6.45) is 0.679. The maximum atomic E-state index is 12.5. The summed E-state index contributed by atoms with van der Waals surface area (Å²) in [4.78, 5) is 23.4. The fourth-order valence-corrected chi connectivity index (χ4v) is 3.34. The average Bonchev–Trinajstić information content (AvgIpc) is 2.78. The second-order valence-corrected chi connectivity index (χ2v) is 7.14. The molecule has 0 amide bonds. The molecule has 4 rings (SSSR count). The van der Waals surface area contributed by atoms with E-state index in [1.807, 2.05) is 66.7 Å². The van der Waals surface area contributed by atoms with Crippen molar-refractivity contribution in [2.45, 2.75) is 13.0 Å². The molecule has 0 bridgehead atoms. The van der Waals surface area contributed by atoms with E-state index >= 15 is 0 Å². The molecule has 4 aromatic rings. The van der Waals surface area contributed by atoms with E-state index < -0.39 is 5.97 Å². The van der Waals surface area contributed by atoms with Gasteiger partial charge in [-0.15, -0.1) is 0 Å². The highest BCUT2D eigenvalue weighted by Gasteiger charge is 2.09. The van der Waals surface area contributed by atoms with Gasteiger partial charge in [0.1, 0.15) is 6.61 Å². The third kappa shape index (κ3) is 4.55. The van der Waals surface area contributed by atoms with E-state index in [1.54, 1.807) is 18.2 Å². The Morgan fingerprint density at radius 2 is 1.33 bits per heavy atom. The normalized spacial score (nSPS) is 10.7. The van der Waals surface area contributed by atoms with E-state index in [4.69, 9.17) is 9.84 Å². The molecule has 0 fully saturated rings. The lowest BCUT2D eigenvalue weighted by Gasteiger charge is -2.08. The van der Waals surface area contributed by atoms with Crippen molar-refractivity contribution in [1.82, 2.24) is 0 Å². The highest BCUT2D eigenvalue weighted by Crippen LogP contribution is 2.21. The lowest BCUT2D eigenvalue weighted by Crippen LogP contribution is -2.05.